The molecule has 5 heteroatoms. The Hall–Kier alpha value is 0.200. The van der Waals surface area contributed by atoms with E-state index in [-0.39, 0.29) is 17.6 Å². The summed E-state index contributed by atoms with van der Waals surface area (Å²) >= 11 is 5.61. The SMILES string of the molecule is CC(C)CS(=O)(=O)NC(C)(C)CCl. The monoisotopic (exact) mass is 227 g/mol. The summed E-state index contributed by atoms with van der Waals surface area (Å²) in [5, 5.41) is 0. The fourth-order valence-electron chi connectivity index (χ4n) is 0.929. The number of halogens is 1. The average Bonchev–Trinajstić information content (AvgIpc) is 1.81. The van der Waals surface area contributed by atoms with Gasteiger partial charge in [0.15, 0.2) is 0 Å². The van der Waals surface area contributed by atoms with Gasteiger partial charge in [0.25, 0.3) is 0 Å². The van der Waals surface area contributed by atoms with Crippen LogP contribution >= 0.6 is 11.6 Å². The average molecular weight is 228 g/mol. The topological polar surface area (TPSA) is 46.2 Å². The van der Waals surface area contributed by atoms with E-state index < -0.39 is 15.6 Å². The van der Waals surface area contributed by atoms with Crippen molar-refractivity contribution in [2.24, 2.45) is 5.92 Å². The Balaban J connectivity index is 4.35. The second-order valence-corrected chi connectivity index (χ2v) is 6.33. The van der Waals surface area contributed by atoms with Crippen molar-refractivity contribution in [3.63, 3.8) is 0 Å². The van der Waals surface area contributed by atoms with Gasteiger partial charge in [0.2, 0.25) is 10.0 Å². The van der Waals surface area contributed by atoms with Gasteiger partial charge in [-0.15, -0.1) is 11.6 Å². The van der Waals surface area contributed by atoms with Crippen molar-refractivity contribution in [1.82, 2.24) is 4.72 Å². The molecule has 0 aliphatic heterocycles. The van der Waals surface area contributed by atoms with Gasteiger partial charge >= 0.3 is 0 Å². The lowest BCUT2D eigenvalue weighted by atomic mass is 10.1. The van der Waals surface area contributed by atoms with Crippen LogP contribution in [0.2, 0.25) is 0 Å². The highest BCUT2D eigenvalue weighted by atomic mass is 35.5. The smallest absolute Gasteiger partial charge is 0.212 e. The van der Waals surface area contributed by atoms with E-state index in [1.165, 1.54) is 0 Å². The standard InChI is InChI=1S/C8H18ClNO2S/c1-7(2)5-13(11,12)10-8(3,4)6-9/h7,10H,5-6H2,1-4H3. The molecule has 1 N–H and O–H groups in total. The second kappa shape index (κ2) is 4.62. The maximum Gasteiger partial charge on any atom is 0.212 e. The summed E-state index contributed by atoms with van der Waals surface area (Å²) in [6.45, 7) is 7.26. The molecule has 0 bridgehead atoms. The van der Waals surface area contributed by atoms with E-state index in [2.05, 4.69) is 4.72 Å². The zero-order chi connectivity index (χ0) is 10.7. The second-order valence-electron chi connectivity index (χ2n) is 4.29. The number of rotatable bonds is 5. The summed E-state index contributed by atoms with van der Waals surface area (Å²) in [6, 6.07) is 0. The third kappa shape index (κ3) is 6.29. The molecule has 3 nitrogen and oxygen atoms in total. The Bertz CT molecular complexity index is 247. The molecule has 0 aliphatic carbocycles. The Kier molecular flexibility index (Phi) is 4.69. The van der Waals surface area contributed by atoms with Crippen LogP contribution in [0.25, 0.3) is 0 Å². The number of hydrogen-bond donors (Lipinski definition) is 1. The van der Waals surface area contributed by atoms with E-state index in [4.69, 9.17) is 11.6 Å². The van der Waals surface area contributed by atoms with Gasteiger partial charge in [0, 0.05) is 11.4 Å². The molecule has 0 heterocycles. The van der Waals surface area contributed by atoms with Crippen LogP contribution in [0, 0.1) is 5.92 Å². The third-order valence-corrected chi connectivity index (χ3v) is 3.96. The molecule has 0 fully saturated rings. The molecule has 0 radical (unpaired) electrons. The van der Waals surface area contributed by atoms with Gasteiger partial charge < -0.3 is 0 Å². The van der Waals surface area contributed by atoms with Crippen molar-refractivity contribution in [3.8, 4) is 0 Å². The molecular formula is C8H18ClNO2S. The van der Waals surface area contributed by atoms with Gasteiger partial charge in [-0.2, -0.15) is 0 Å². The van der Waals surface area contributed by atoms with Crippen molar-refractivity contribution in [3.05, 3.63) is 0 Å². The van der Waals surface area contributed by atoms with Gasteiger partial charge in [-0.3, -0.25) is 0 Å². The number of alkyl halides is 1. The third-order valence-electron chi connectivity index (χ3n) is 1.32. The maximum absolute atomic E-state index is 11.4. The predicted octanol–water partition coefficient (Wildman–Crippen LogP) is 1.58. The lowest BCUT2D eigenvalue weighted by Crippen LogP contribution is -2.46. The molecule has 0 spiro atoms. The number of hydrogen-bond acceptors (Lipinski definition) is 2. The van der Waals surface area contributed by atoms with E-state index in [0.717, 1.165) is 0 Å². The van der Waals surface area contributed by atoms with Crippen LogP contribution in [0.3, 0.4) is 0 Å². The minimum Gasteiger partial charge on any atom is -0.212 e. The van der Waals surface area contributed by atoms with Gasteiger partial charge in [-0.25, -0.2) is 13.1 Å². The van der Waals surface area contributed by atoms with Crippen LogP contribution in [-0.2, 0) is 10.0 Å². The lowest BCUT2D eigenvalue weighted by molar-refractivity contribution is 0.491. The van der Waals surface area contributed by atoms with Crippen LogP contribution in [-0.4, -0.2) is 25.6 Å². The first-order chi connectivity index (χ1) is 5.68. The number of sulfonamides is 1. The molecule has 0 rings (SSSR count). The highest BCUT2D eigenvalue weighted by Crippen LogP contribution is 2.08. The molecule has 0 aromatic carbocycles. The molecular weight excluding hydrogens is 210 g/mol. The van der Waals surface area contributed by atoms with Crippen LogP contribution in [0.5, 0.6) is 0 Å². The van der Waals surface area contributed by atoms with E-state index in [9.17, 15) is 8.42 Å². The minimum atomic E-state index is -3.19. The molecule has 0 aliphatic rings. The molecule has 0 aromatic heterocycles. The quantitative estimate of drug-likeness (QED) is 0.725. The molecule has 0 atom stereocenters. The lowest BCUT2D eigenvalue weighted by Gasteiger charge is -2.23. The Morgan fingerprint density at radius 2 is 1.85 bits per heavy atom. The summed E-state index contributed by atoms with van der Waals surface area (Å²) in [5.74, 6) is 0.543. The van der Waals surface area contributed by atoms with Crippen molar-refractivity contribution >= 4 is 21.6 Å². The van der Waals surface area contributed by atoms with Crippen molar-refractivity contribution in [2.75, 3.05) is 11.6 Å². The fraction of sp³-hybridized carbons (Fsp3) is 1.00. The van der Waals surface area contributed by atoms with E-state index in [1.54, 1.807) is 13.8 Å². The largest absolute Gasteiger partial charge is 0.212 e. The maximum atomic E-state index is 11.4. The molecule has 0 aromatic rings. The van der Waals surface area contributed by atoms with Gasteiger partial charge in [0.05, 0.1) is 5.75 Å². The van der Waals surface area contributed by atoms with Gasteiger partial charge in [-0.1, -0.05) is 13.8 Å². The van der Waals surface area contributed by atoms with E-state index in [1.807, 2.05) is 13.8 Å². The molecule has 13 heavy (non-hydrogen) atoms. The van der Waals surface area contributed by atoms with Crippen molar-refractivity contribution in [1.29, 1.82) is 0 Å². The highest BCUT2D eigenvalue weighted by Gasteiger charge is 2.24. The summed E-state index contributed by atoms with van der Waals surface area (Å²) in [5.41, 5.74) is -0.560. The first-order valence-corrected chi connectivity index (χ1v) is 6.45. The normalized spacial score (nSPS) is 13.7. The zero-order valence-corrected chi connectivity index (χ0v) is 10.2. The molecule has 80 valence electrons. The van der Waals surface area contributed by atoms with Crippen molar-refractivity contribution in [2.45, 2.75) is 33.2 Å². The molecule has 0 amide bonds. The summed E-state index contributed by atoms with van der Waals surface area (Å²) in [7, 11) is -3.19. The van der Waals surface area contributed by atoms with Gasteiger partial charge in [0.1, 0.15) is 0 Å². The predicted molar refractivity (Wildman–Crippen MR) is 56.6 cm³/mol. The first kappa shape index (κ1) is 13.2. The van der Waals surface area contributed by atoms with Crippen LogP contribution in [0.1, 0.15) is 27.7 Å². The summed E-state index contributed by atoms with van der Waals surface area (Å²) in [6.07, 6.45) is 0. The van der Waals surface area contributed by atoms with Gasteiger partial charge in [-0.05, 0) is 19.8 Å². The van der Waals surface area contributed by atoms with Crippen molar-refractivity contribution < 1.29 is 8.42 Å². The van der Waals surface area contributed by atoms with Crippen LogP contribution in [0.15, 0.2) is 0 Å². The molecule has 0 saturated heterocycles. The minimum absolute atomic E-state index is 0.128. The summed E-state index contributed by atoms with van der Waals surface area (Å²) in [4.78, 5) is 0. The van der Waals surface area contributed by atoms with Crippen LogP contribution < -0.4 is 4.72 Å². The van der Waals surface area contributed by atoms with E-state index >= 15 is 0 Å². The van der Waals surface area contributed by atoms with Crippen LogP contribution in [0.4, 0.5) is 0 Å². The molecule has 0 unspecified atom stereocenters. The van der Waals surface area contributed by atoms with E-state index in [0.29, 0.717) is 0 Å². The number of nitrogens with one attached hydrogen (secondary N) is 1. The Morgan fingerprint density at radius 3 is 2.15 bits per heavy atom. The zero-order valence-electron chi connectivity index (χ0n) is 8.59. The molecule has 0 saturated carbocycles. The fourth-order valence-corrected chi connectivity index (χ4v) is 2.95. The first-order valence-electron chi connectivity index (χ1n) is 4.26. The Labute approximate surface area is 85.9 Å². The Morgan fingerprint density at radius 1 is 1.38 bits per heavy atom. The highest BCUT2D eigenvalue weighted by molar-refractivity contribution is 7.89. The summed E-state index contributed by atoms with van der Waals surface area (Å²) < 4.78 is 25.4.